The molecule has 3 rings (SSSR count). The lowest BCUT2D eigenvalue weighted by Crippen LogP contribution is -2.12. The van der Waals surface area contributed by atoms with Crippen LogP contribution in [0.25, 0.3) is 11.3 Å². The minimum absolute atomic E-state index is 0.264. The van der Waals surface area contributed by atoms with Crippen molar-refractivity contribution in [2.24, 2.45) is 0 Å². The second kappa shape index (κ2) is 9.23. The summed E-state index contributed by atoms with van der Waals surface area (Å²) in [5, 5.41) is 5.24. The molecule has 1 aromatic heterocycles. The summed E-state index contributed by atoms with van der Waals surface area (Å²) in [7, 11) is 1.54. The van der Waals surface area contributed by atoms with Gasteiger partial charge in [-0.05, 0) is 44.2 Å². The summed E-state index contributed by atoms with van der Waals surface area (Å²) in [6.45, 7) is 4.93. The third-order valence-corrected chi connectivity index (χ3v) is 4.67. The van der Waals surface area contributed by atoms with E-state index in [1.807, 2.05) is 43.5 Å². The van der Waals surface area contributed by atoms with Gasteiger partial charge in [0.15, 0.2) is 16.6 Å². The zero-order chi connectivity index (χ0) is 19.9. The Balaban J connectivity index is 1.78. The van der Waals surface area contributed by atoms with Crippen LogP contribution >= 0.6 is 11.3 Å². The van der Waals surface area contributed by atoms with Crippen molar-refractivity contribution in [3.63, 3.8) is 0 Å². The second-order valence-electron chi connectivity index (χ2n) is 5.72. The lowest BCUT2D eigenvalue weighted by atomic mass is 10.1. The van der Waals surface area contributed by atoms with E-state index < -0.39 is 0 Å². The molecule has 28 heavy (non-hydrogen) atoms. The van der Waals surface area contributed by atoms with Gasteiger partial charge in [-0.1, -0.05) is 12.1 Å². The predicted molar refractivity (Wildman–Crippen MR) is 111 cm³/mol. The van der Waals surface area contributed by atoms with Crippen LogP contribution in [0.3, 0.4) is 0 Å². The number of nitrogens with one attached hydrogen (secondary N) is 1. The molecule has 1 amide bonds. The number of thiazole rings is 1. The van der Waals surface area contributed by atoms with Gasteiger partial charge < -0.3 is 14.2 Å². The number of aromatic nitrogens is 1. The number of methoxy groups -OCH3 is 1. The van der Waals surface area contributed by atoms with Crippen molar-refractivity contribution < 1.29 is 19.0 Å². The van der Waals surface area contributed by atoms with Crippen LogP contribution in [0, 0.1) is 0 Å². The van der Waals surface area contributed by atoms with Gasteiger partial charge in [-0.2, -0.15) is 0 Å². The van der Waals surface area contributed by atoms with Gasteiger partial charge in [-0.15, -0.1) is 11.3 Å². The van der Waals surface area contributed by atoms with E-state index in [4.69, 9.17) is 14.2 Å². The Bertz CT molecular complexity index is 955. The van der Waals surface area contributed by atoms with Crippen LogP contribution in [-0.4, -0.2) is 31.2 Å². The highest BCUT2D eigenvalue weighted by molar-refractivity contribution is 7.14. The monoisotopic (exact) mass is 398 g/mol. The molecule has 0 aliphatic carbocycles. The van der Waals surface area contributed by atoms with E-state index in [-0.39, 0.29) is 5.91 Å². The van der Waals surface area contributed by atoms with Gasteiger partial charge in [0, 0.05) is 16.5 Å². The maximum absolute atomic E-state index is 12.6. The third-order valence-electron chi connectivity index (χ3n) is 3.91. The Hall–Kier alpha value is -3.06. The molecule has 0 saturated heterocycles. The Morgan fingerprint density at radius 1 is 1.04 bits per heavy atom. The molecule has 6 nitrogen and oxygen atoms in total. The summed E-state index contributed by atoms with van der Waals surface area (Å²) in [4.78, 5) is 17.1. The maximum atomic E-state index is 12.6. The van der Waals surface area contributed by atoms with Crippen molar-refractivity contribution in [3.8, 4) is 28.5 Å². The number of hydrogen-bond donors (Lipinski definition) is 1. The SMILES string of the molecule is CCOc1ccc(C(=O)Nc2nc(-c3ccccc3OCC)cs2)cc1OC. The summed E-state index contributed by atoms with van der Waals surface area (Å²) in [6.07, 6.45) is 0. The van der Waals surface area contributed by atoms with Crippen molar-refractivity contribution in [1.82, 2.24) is 4.98 Å². The first-order valence-corrected chi connectivity index (χ1v) is 9.84. The number of nitrogens with zero attached hydrogens (tertiary/aromatic N) is 1. The summed E-state index contributed by atoms with van der Waals surface area (Å²) >= 11 is 1.36. The Labute approximate surface area is 168 Å². The fourth-order valence-corrected chi connectivity index (χ4v) is 3.37. The Morgan fingerprint density at radius 2 is 1.79 bits per heavy atom. The van der Waals surface area contributed by atoms with E-state index in [9.17, 15) is 4.79 Å². The molecule has 0 saturated carbocycles. The smallest absolute Gasteiger partial charge is 0.257 e. The number of carbonyl (C=O) groups is 1. The van der Waals surface area contributed by atoms with Gasteiger partial charge in [0.2, 0.25) is 0 Å². The molecule has 3 aromatic rings. The molecule has 146 valence electrons. The highest BCUT2D eigenvalue weighted by Gasteiger charge is 2.14. The average Bonchev–Trinajstić information content (AvgIpc) is 3.17. The van der Waals surface area contributed by atoms with Crippen molar-refractivity contribution in [2.45, 2.75) is 13.8 Å². The van der Waals surface area contributed by atoms with Crippen LogP contribution in [0.4, 0.5) is 5.13 Å². The van der Waals surface area contributed by atoms with E-state index in [0.717, 1.165) is 17.0 Å². The first-order chi connectivity index (χ1) is 13.7. The molecule has 0 radical (unpaired) electrons. The van der Waals surface area contributed by atoms with E-state index in [0.29, 0.717) is 35.4 Å². The highest BCUT2D eigenvalue weighted by atomic mass is 32.1. The molecule has 7 heteroatoms. The van der Waals surface area contributed by atoms with Gasteiger partial charge in [-0.25, -0.2) is 4.98 Å². The predicted octanol–water partition coefficient (Wildman–Crippen LogP) is 4.87. The van der Waals surface area contributed by atoms with Crippen LogP contribution in [0.1, 0.15) is 24.2 Å². The fourth-order valence-electron chi connectivity index (χ4n) is 2.67. The largest absolute Gasteiger partial charge is 0.493 e. The maximum Gasteiger partial charge on any atom is 0.257 e. The van der Waals surface area contributed by atoms with Crippen molar-refractivity contribution in [1.29, 1.82) is 0 Å². The van der Waals surface area contributed by atoms with E-state index in [2.05, 4.69) is 10.3 Å². The minimum atomic E-state index is -0.264. The standard InChI is InChI=1S/C21H22N2O4S/c1-4-26-17-9-7-6-8-15(17)16-13-28-21(22-16)23-20(24)14-10-11-18(27-5-2)19(12-14)25-3/h6-13H,4-5H2,1-3H3,(H,22,23,24). The molecule has 0 aliphatic heterocycles. The molecular formula is C21H22N2O4S. The summed E-state index contributed by atoms with van der Waals surface area (Å²) < 4.78 is 16.4. The molecule has 0 atom stereocenters. The summed E-state index contributed by atoms with van der Waals surface area (Å²) in [5.41, 5.74) is 2.12. The number of para-hydroxylation sites is 1. The van der Waals surface area contributed by atoms with Crippen LogP contribution in [-0.2, 0) is 0 Å². The molecule has 0 bridgehead atoms. The highest BCUT2D eigenvalue weighted by Crippen LogP contribution is 2.33. The minimum Gasteiger partial charge on any atom is -0.493 e. The van der Waals surface area contributed by atoms with Crippen molar-refractivity contribution in [2.75, 3.05) is 25.6 Å². The number of benzene rings is 2. The van der Waals surface area contributed by atoms with E-state index >= 15 is 0 Å². The first-order valence-electron chi connectivity index (χ1n) is 8.96. The number of carbonyl (C=O) groups excluding carboxylic acids is 1. The fraction of sp³-hybridized carbons (Fsp3) is 0.238. The average molecular weight is 398 g/mol. The van der Waals surface area contributed by atoms with Crippen LogP contribution in [0.2, 0.25) is 0 Å². The van der Waals surface area contributed by atoms with E-state index in [1.54, 1.807) is 25.3 Å². The molecule has 2 aromatic carbocycles. The molecule has 1 heterocycles. The Kier molecular flexibility index (Phi) is 6.49. The number of ether oxygens (including phenoxy) is 3. The third kappa shape index (κ3) is 4.43. The van der Waals surface area contributed by atoms with Gasteiger partial charge >= 0.3 is 0 Å². The number of amides is 1. The lowest BCUT2D eigenvalue weighted by molar-refractivity contribution is 0.102. The number of anilines is 1. The summed E-state index contributed by atoms with van der Waals surface area (Å²) in [6, 6.07) is 12.8. The zero-order valence-electron chi connectivity index (χ0n) is 16.0. The normalized spacial score (nSPS) is 10.4. The van der Waals surface area contributed by atoms with Crippen LogP contribution < -0.4 is 19.5 Å². The topological polar surface area (TPSA) is 69.7 Å². The molecular weight excluding hydrogens is 376 g/mol. The first kappa shape index (κ1) is 19.7. The molecule has 1 N–H and O–H groups in total. The summed E-state index contributed by atoms with van der Waals surface area (Å²) in [5.74, 6) is 1.62. The Morgan fingerprint density at radius 3 is 2.54 bits per heavy atom. The lowest BCUT2D eigenvalue weighted by Gasteiger charge is -2.10. The molecule has 0 fully saturated rings. The molecule has 0 unspecified atom stereocenters. The number of hydrogen-bond acceptors (Lipinski definition) is 6. The quantitative estimate of drug-likeness (QED) is 0.586. The van der Waals surface area contributed by atoms with Crippen LogP contribution in [0.15, 0.2) is 47.8 Å². The van der Waals surface area contributed by atoms with Crippen LogP contribution in [0.5, 0.6) is 17.2 Å². The number of rotatable bonds is 8. The van der Waals surface area contributed by atoms with Crippen molar-refractivity contribution in [3.05, 3.63) is 53.4 Å². The second-order valence-corrected chi connectivity index (χ2v) is 6.58. The van der Waals surface area contributed by atoms with E-state index in [1.165, 1.54) is 11.3 Å². The van der Waals surface area contributed by atoms with Gasteiger partial charge in [0.05, 0.1) is 26.0 Å². The zero-order valence-corrected chi connectivity index (χ0v) is 16.8. The molecule has 0 aliphatic rings. The molecule has 0 spiro atoms. The van der Waals surface area contributed by atoms with Crippen molar-refractivity contribution >= 4 is 22.4 Å². The van der Waals surface area contributed by atoms with Gasteiger partial charge in [0.1, 0.15) is 5.75 Å². The van der Waals surface area contributed by atoms with Gasteiger partial charge in [-0.3, -0.25) is 10.1 Å². The van der Waals surface area contributed by atoms with Gasteiger partial charge in [0.25, 0.3) is 5.91 Å².